The van der Waals surface area contributed by atoms with E-state index in [1.165, 1.54) is 0 Å². The van der Waals surface area contributed by atoms with Gasteiger partial charge in [0.2, 0.25) is 5.82 Å². The van der Waals surface area contributed by atoms with Gasteiger partial charge in [-0.2, -0.15) is 4.39 Å². The van der Waals surface area contributed by atoms with Gasteiger partial charge < -0.3 is 10.4 Å². The van der Waals surface area contributed by atoms with Gasteiger partial charge in [0.05, 0.1) is 11.3 Å². The van der Waals surface area contributed by atoms with E-state index in [2.05, 4.69) is 5.32 Å². The highest BCUT2D eigenvalue weighted by molar-refractivity contribution is 5.94. The summed E-state index contributed by atoms with van der Waals surface area (Å²) >= 11 is 0. The van der Waals surface area contributed by atoms with Crippen LogP contribution in [0.25, 0.3) is 0 Å². The summed E-state index contributed by atoms with van der Waals surface area (Å²) in [5.74, 6) is -2.65. The van der Waals surface area contributed by atoms with Gasteiger partial charge in [-0.15, -0.1) is 0 Å². The van der Waals surface area contributed by atoms with E-state index in [-0.39, 0.29) is 17.9 Å². The molecule has 2 rings (SSSR count). The summed E-state index contributed by atoms with van der Waals surface area (Å²) in [6.45, 7) is 0. The zero-order valence-corrected chi connectivity index (χ0v) is 10.9. The lowest BCUT2D eigenvalue weighted by molar-refractivity contribution is -0.387. The minimum atomic E-state index is -1.10. The predicted octanol–water partition coefficient (Wildman–Crippen LogP) is 1.72. The fraction of sp³-hybridized carbons (Fsp3) is 0.385. The van der Waals surface area contributed by atoms with Crippen LogP contribution in [-0.4, -0.2) is 27.9 Å². The second-order valence-corrected chi connectivity index (χ2v) is 4.94. The number of nitro groups is 1. The van der Waals surface area contributed by atoms with Gasteiger partial charge in [-0.1, -0.05) is 0 Å². The molecule has 1 aromatic carbocycles. The first-order valence-electron chi connectivity index (χ1n) is 6.35. The number of hydrogen-bond acceptors (Lipinski definition) is 4. The Morgan fingerprint density at radius 2 is 2.14 bits per heavy atom. The molecular formula is C13H13FN2O5. The lowest BCUT2D eigenvalue weighted by atomic mass is 10.1. The summed E-state index contributed by atoms with van der Waals surface area (Å²) in [7, 11) is 0. The Hall–Kier alpha value is -2.51. The number of aliphatic carboxylic acids is 1. The molecule has 21 heavy (non-hydrogen) atoms. The first-order valence-corrected chi connectivity index (χ1v) is 6.35. The maximum absolute atomic E-state index is 13.5. The topological polar surface area (TPSA) is 110 Å². The van der Waals surface area contributed by atoms with E-state index < -0.39 is 34.3 Å². The molecule has 1 aromatic rings. The highest BCUT2D eigenvalue weighted by Gasteiger charge is 2.34. The van der Waals surface area contributed by atoms with Crippen LogP contribution >= 0.6 is 0 Å². The third kappa shape index (κ3) is 3.74. The molecule has 0 bridgehead atoms. The second-order valence-electron chi connectivity index (χ2n) is 4.94. The van der Waals surface area contributed by atoms with Crippen LogP contribution in [0.1, 0.15) is 29.6 Å². The molecule has 7 nitrogen and oxygen atoms in total. The number of nitrogens with zero attached hydrogens (tertiary/aromatic N) is 1. The average molecular weight is 296 g/mol. The van der Waals surface area contributed by atoms with Crippen molar-refractivity contribution >= 4 is 17.6 Å². The normalized spacial score (nSPS) is 15.3. The van der Waals surface area contributed by atoms with Crippen LogP contribution in [-0.2, 0) is 4.79 Å². The van der Waals surface area contributed by atoms with Gasteiger partial charge in [0.25, 0.3) is 5.91 Å². The van der Waals surface area contributed by atoms with Crippen LogP contribution in [0.4, 0.5) is 10.1 Å². The Morgan fingerprint density at radius 3 is 2.62 bits per heavy atom. The number of rotatable bonds is 6. The molecule has 1 amide bonds. The maximum atomic E-state index is 13.5. The Morgan fingerprint density at radius 1 is 1.48 bits per heavy atom. The number of hydrogen-bond donors (Lipinski definition) is 2. The molecule has 0 aliphatic heterocycles. The van der Waals surface area contributed by atoms with E-state index in [0.29, 0.717) is 0 Å². The first kappa shape index (κ1) is 14.9. The monoisotopic (exact) mass is 296 g/mol. The molecule has 1 atom stereocenters. The maximum Gasteiger partial charge on any atom is 0.305 e. The Balaban J connectivity index is 2.10. The Bertz CT molecular complexity index is 600. The van der Waals surface area contributed by atoms with Crippen LogP contribution in [0.2, 0.25) is 0 Å². The van der Waals surface area contributed by atoms with Gasteiger partial charge in [-0.3, -0.25) is 19.7 Å². The molecule has 112 valence electrons. The van der Waals surface area contributed by atoms with Crippen molar-refractivity contribution < 1.29 is 24.0 Å². The number of benzene rings is 1. The van der Waals surface area contributed by atoms with Crippen LogP contribution < -0.4 is 5.32 Å². The molecule has 1 aliphatic carbocycles. The summed E-state index contributed by atoms with van der Waals surface area (Å²) in [4.78, 5) is 32.3. The van der Waals surface area contributed by atoms with E-state index in [1.54, 1.807) is 0 Å². The molecule has 0 saturated heterocycles. The van der Waals surface area contributed by atoms with Crippen molar-refractivity contribution in [2.75, 3.05) is 0 Å². The zero-order chi connectivity index (χ0) is 15.6. The minimum absolute atomic E-state index is 0.0749. The predicted molar refractivity (Wildman–Crippen MR) is 69.3 cm³/mol. The van der Waals surface area contributed by atoms with Gasteiger partial charge in [-0.05, 0) is 30.9 Å². The van der Waals surface area contributed by atoms with Crippen LogP contribution in [0.15, 0.2) is 18.2 Å². The van der Waals surface area contributed by atoms with Crippen molar-refractivity contribution in [1.29, 1.82) is 0 Å². The van der Waals surface area contributed by atoms with E-state index in [4.69, 9.17) is 5.11 Å². The Labute approximate surface area is 118 Å². The number of carboxylic acids is 1. The van der Waals surface area contributed by atoms with E-state index in [9.17, 15) is 24.1 Å². The molecule has 0 radical (unpaired) electrons. The van der Waals surface area contributed by atoms with Crippen molar-refractivity contribution in [1.82, 2.24) is 5.32 Å². The van der Waals surface area contributed by atoms with Crippen LogP contribution in [0, 0.1) is 21.8 Å². The van der Waals surface area contributed by atoms with Crippen molar-refractivity contribution in [3.8, 4) is 0 Å². The lowest BCUT2D eigenvalue weighted by Gasteiger charge is -2.16. The number of carbonyl (C=O) groups is 2. The molecule has 0 heterocycles. The minimum Gasteiger partial charge on any atom is -0.481 e. The van der Waals surface area contributed by atoms with Gasteiger partial charge in [0, 0.05) is 17.7 Å². The number of nitrogens with one attached hydrogen (secondary N) is 1. The van der Waals surface area contributed by atoms with Gasteiger partial charge in [0.15, 0.2) is 0 Å². The quantitative estimate of drug-likeness (QED) is 0.613. The van der Waals surface area contributed by atoms with Crippen molar-refractivity contribution in [2.45, 2.75) is 25.3 Å². The number of carbonyl (C=O) groups excluding carboxylic acids is 1. The molecule has 0 aromatic heterocycles. The largest absolute Gasteiger partial charge is 0.481 e. The van der Waals surface area contributed by atoms with Crippen molar-refractivity contribution in [3.63, 3.8) is 0 Å². The van der Waals surface area contributed by atoms with Gasteiger partial charge in [-0.25, -0.2) is 0 Å². The van der Waals surface area contributed by atoms with E-state index >= 15 is 0 Å². The summed E-state index contributed by atoms with van der Waals surface area (Å²) in [6, 6.07) is 2.32. The molecule has 8 heteroatoms. The molecule has 2 N–H and O–H groups in total. The van der Waals surface area contributed by atoms with E-state index in [1.807, 2.05) is 0 Å². The number of nitro benzene ring substituents is 1. The highest BCUT2D eigenvalue weighted by Crippen LogP contribution is 2.34. The number of carboxylic acid groups (broad SMARTS) is 1. The van der Waals surface area contributed by atoms with E-state index in [0.717, 1.165) is 31.0 Å². The third-order valence-corrected chi connectivity index (χ3v) is 3.31. The fourth-order valence-electron chi connectivity index (χ4n) is 2.07. The van der Waals surface area contributed by atoms with Crippen LogP contribution in [0.3, 0.4) is 0 Å². The van der Waals surface area contributed by atoms with Gasteiger partial charge >= 0.3 is 11.7 Å². The molecule has 0 spiro atoms. The standard InChI is InChI=1S/C13H13FN2O5/c14-9-5-8(3-4-11(9)16(20)21)13(19)15-10(6-12(17)18)7-1-2-7/h3-5,7,10H,1-2,6H2,(H,15,19)(H,17,18). The summed E-state index contributed by atoms with van der Waals surface area (Å²) < 4.78 is 13.5. The van der Waals surface area contributed by atoms with Crippen molar-refractivity contribution in [2.24, 2.45) is 5.92 Å². The summed E-state index contributed by atoms with van der Waals surface area (Å²) in [5.41, 5.74) is -0.787. The number of amides is 1. The molecular weight excluding hydrogens is 283 g/mol. The smallest absolute Gasteiger partial charge is 0.305 e. The Kier molecular flexibility index (Phi) is 4.15. The van der Waals surface area contributed by atoms with Crippen LogP contribution in [0.5, 0.6) is 0 Å². The lowest BCUT2D eigenvalue weighted by Crippen LogP contribution is -2.38. The summed E-state index contributed by atoms with van der Waals surface area (Å²) in [5, 5.41) is 21.8. The molecule has 1 aliphatic rings. The highest BCUT2D eigenvalue weighted by atomic mass is 19.1. The zero-order valence-electron chi connectivity index (χ0n) is 10.9. The molecule has 1 unspecified atom stereocenters. The molecule has 1 fully saturated rings. The van der Waals surface area contributed by atoms with Gasteiger partial charge in [0.1, 0.15) is 0 Å². The average Bonchev–Trinajstić information content (AvgIpc) is 3.20. The first-order chi connectivity index (χ1) is 9.88. The second kappa shape index (κ2) is 5.86. The number of halogens is 1. The fourth-order valence-corrected chi connectivity index (χ4v) is 2.07. The third-order valence-electron chi connectivity index (χ3n) is 3.31. The van der Waals surface area contributed by atoms with Crippen molar-refractivity contribution in [3.05, 3.63) is 39.7 Å². The summed E-state index contributed by atoms with van der Waals surface area (Å²) in [6.07, 6.45) is 1.48. The SMILES string of the molecule is O=C(O)CC(NC(=O)c1ccc([N+](=O)[O-])c(F)c1)C1CC1. The molecule has 1 saturated carbocycles.